The highest BCUT2D eigenvalue weighted by Gasteiger charge is 2.45. The fraction of sp³-hybridized carbons (Fsp3) is 0.636. The normalized spacial score (nSPS) is 29.6. The van der Waals surface area contributed by atoms with E-state index in [4.69, 9.17) is 14.6 Å². The molecule has 3 atom stereocenters. The molecule has 4 aliphatic rings. The van der Waals surface area contributed by atoms with Gasteiger partial charge in [-0.05, 0) is 37.3 Å². The number of ether oxygens (including phenoxy) is 2. The number of urea groups is 1. The minimum atomic E-state index is -3.81. The van der Waals surface area contributed by atoms with Gasteiger partial charge in [-0.1, -0.05) is 18.2 Å². The molecule has 4 heterocycles. The van der Waals surface area contributed by atoms with Crippen molar-refractivity contribution in [2.45, 2.75) is 54.2 Å². The van der Waals surface area contributed by atoms with Gasteiger partial charge in [-0.3, -0.25) is 4.79 Å². The molecule has 4 fully saturated rings. The van der Waals surface area contributed by atoms with Gasteiger partial charge in [0.2, 0.25) is 15.9 Å². The van der Waals surface area contributed by atoms with Crippen molar-refractivity contribution in [1.29, 1.82) is 0 Å². The van der Waals surface area contributed by atoms with Gasteiger partial charge in [0, 0.05) is 32.1 Å². The summed E-state index contributed by atoms with van der Waals surface area (Å²) in [6.45, 7) is 2.76. The Morgan fingerprint density at radius 1 is 1.15 bits per heavy atom. The molecule has 180 valence electrons. The highest BCUT2D eigenvalue weighted by Crippen LogP contribution is 2.44. The zero-order valence-corrected chi connectivity index (χ0v) is 19.3. The number of rotatable bonds is 2. The number of carbonyl (C=O) groups excluding carboxylic acids is 2. The topological polar surface area (TPSA) is 131 Å². The van der Waals surface area contributed by atoms with E-state index in [9.17, 15) is 18.0 Å². The van der Waals surface area contributed by atoms with Crippen LogP contribution in [0.4, 0.5) is 4.79 Å². The summed E-state index contributed by atoms with van der Waals surface area (Å²) in [4.78, 5) is 28.6. The Morgan fingerprint density at radius 3 is 2.67 bits per heavy atom. The molecule has 1 aromatic carbocycles. The molecule has 0 bridgehead atoms. The number of nitrogens with two attached hydrogens (primary N) is 1. The maximum Gasteiger partial charge on any atom is 0.320 e. The van der Waals surface area contributed by atoms with Crippen LogP contribution in [0.25, 0.3) is 0 Å². The molecule has 1 aromatic rings. The maximum absolute atomic E-state index is 13.1. The molecule has 0 radical (unpaired) electrons. The molecule has 4 saturated heterocycles. The fourth-order valence-electron chi connectivity index (χ4n) is 5.65. The van der Waals surface area contributed by atoms with Crippen LogP contribution in [0.1, 0.15) is 37.2 Å². The van der Waals surface area contributed by atoms with Gasteiger partial charge >= 0.3 is 6.03 Å². The molecule has 4 aliphatic heterocycles. The number of nitrogens with zero attached hydrogens (tertiary/aromatic N) is 2. The Balaban J connectivity index is 1.20. The number of carbonyl (C=O) groups is 2. The number of piperidine rings is 2. The van der Waals surface area contributed by atoms with Crippen molar-refractivity contribution in [2.24, 2.45) is 5.14 Å². The van der Waals surface area contributed by atoms with Crippen molar-refractivity contribution in [3.05, 3.63) is 29.8 Å². The molecule has 3 N–H and O–H groups in total. The Morgan fingerprint density at radius 2 is 1.91 bits per heavy atom. The summed E-state index contributed by atoms with van der Waals surface area (Å²) in [5, 5.41) is 8.35. The number of nitrogens with one attached hydrogen (secondary N) is 1. The summed E-state index contributed by atoms with van der Waals surface area (Å²) in [5.41, 5.74) is 0.348. The van der Waals surface area contributed by atoms with E-state index in [0.717, 1.165) is 0 Å². The number of benzene rings is 1. The maximum atomic E-state index is 13.1. The van der Waals surface area contributed by atoms with E-state index in [1.54, 1.807) is 17.0 Å². The van der Waals surface area contributed by atoms with Crippen LogP contribution in [0.5, 0.6) is 0 Å². The summed E-state index contributed by atoms with van der Waals surface area (Å²) in [6.07, 6.45) is 2.79. The zero-order valence-electron chi connectivity index (χ0n) is 18.4. The average molecular weight is 479 g/mol. The lowest BCUT2D eigenvalue weighted by Crippen LogP contribution is -2.63. The second-order valence-electron chi connectivity index (χ2n) is 9.51. The second-order valence-corrected chi connectivity index (χ2v) is 11.0. The summed E-state index contributed by atoms with van der Waals surface area (Å²) in [6, 6.07) is 6.67. The molecule has 0 saturated carbocycles. The number of sulfonamides is 1. The third-order valence-electron chi connectivity index (χ3n) is 7.41. The predicted octanol–water partition coefficient (Wildman–Crippen LogP) is 0.382. The van der Waals surface area contributed by atoms with Gasteiger partial charge < -0.3 is 24.6 Å². The van der Waals surface area contributed by atoms with Crippen LogP contribution < -0.4 is 10.5 Å². The van der Waals surface area contributed by atoms with Crippen molar-refractivity contribution < 1.29 is 27.5 Å². The zero-order chi connectivity index (χ0) is 23.2. The summed E-state index contributed by atoms with van der Waals surface area (Å²) in [5.74, 6) is -0.182. The number of likely N-dealkylation sites (tertiary alicyclic amines) is 2. The third-order valence-corrected chi connectivity index (χ3v) is 8.40. The lowest BCUT2D eigenvalue weighted by Gasteiger charge is -2.44. The first-order valence-corrected chi connectivity index (χ1v) is 13.0. The predicted molar refractivity (Wildman–Crippen MR) is 118 cm³/mol. The monoisotopic (exact) mass is 478 g/mol. The molecular weight excluding hydrogens is 448 g/mol. The average Bonchev–Trinajstić information content (AvgIpc) is 3.21. The van der Waals surface area contributed by atoms with Crippen LogP contribution in [0.3, 0.4) is 0 Å². The lowest BCUT2D eigenvalue weighted by atomic mass is 9.83. The smallest absolute Gasteiger partial charge is 0.320 e. The SMILES string of the molecule is NS(=O)(=O)c1ccccc1[C@@H]1COC2(CCN(C(=O)N3CC[C@@H]4OCC(=O)N[C@@H]4C3)CC2)C1. The Labute approximate surface area is 193 Å². The third kappa shape index (κ3) is 4.46. The van der Waals surface area contributed by atoms with Crippen LogP contribution in [0.2, 0.25) is 0 Å². The Hall–Kier alpha value is -2.21. The summed E-state index contributed by atoms with van der Waals surface area (Å²) >= 11 is 0. The molecule has 1 spiro atoms. The first-order chi connectivity index (χ1) is 15.7. The van der Waals surface area contributed by atoms with Crippen molar-refractivity contribution >= 4 is 22.0 Å². The van der Waals surface area contributed by atoms with Crippen LogP contribution in [0, 0.1) is 0 Å². The van der Waals surface area contributed by atoms with Gasteiger partial charge in [0.05, 0.1) is 29.2 Å². The lowest BCUT2D eigenvalue weighted by molar-refractivity contribution is -0.139. The second kappa shape index (κ2) is 8.53. The molecular formula is C22H30N4O6S. The number of hydrogen-bond donors (Lipinski definition) is 2. The number of morpholine rings is 1. The molecule has 11 heteroatoms. The Bertz CT molecular complexity index is 1040. The van der Waals surface area contributed by atoms with E-state index in [1.165, 1.54) is 0 Å². The molecule has 0 aliphatic carbocycles. The van der Waals surface area contributed by atoms with E-state index in [2.05, 4.69) is 5.32 Å². The van der Waals surface area contributed by atoms with Crippen LogP contribution in [0.15, 0.2) is 29.2 Å². The van der Waals surface area contributed by atoms with Crippen molar-refractivity contribution in [2.75, 3.05) is 39.4 Å². The molecule has 0 unspecified atom stereocenters. The van der Waals surface area contributed by atoms with E-state index in [1.807, 2.05) is 17.0 Å². The Kier molecular flexibility index (Phi) is 5.84. The standard InChI is InChI=1S/C22H30N4O6S/c23-33(29,30)19-4-2-1-3-16(19)15-11-22(32-13-15)6-9-25(10-7-22)21(28)26-8-5-18-17(12-26)24-20(27)14-31-18/h1-4,15,17-18H,5-14H2,(H,24,27)(H2,23,29,30)/t15-,17+,18-/m0/s1. The van der Waals surface area contributed by atoms with E-state index >= 15 is 0 Å². The van der Waals surface area contributed by atoms with Gasteiger partial charge in [-0.2, -0.15) is 0 Å². The van der Waals surface area contributed by atoms with Crippen molar-refractivity contribution in [3.8, 4) is 0 Å². The van der Waals surface area contributed by atoms with Crippen LogP contribution >= 0.6 is 0 Å². The van der Waals surface area contributed by atoms with E-state index in [-0.39, 0.29) is 47.1 Å². The van der Waals surface area contributed by atoms with Crippen molar-refractivity contribution in [3.63, 3.8) is 0 Å². The van der Waals surface area contributed by atoms with Gasteiger partial charge in [0.25, 0.3) is 0 Å². The van der Waals surface area contributed by atoms with E-state index in [0.29, 0.717) is 64.0 Å². The minimum absolute atomic E-state index is 0.0164. The summed E-state index contributed by atoms with van der Waals surface area (Å²) < 4.78 is 35.8. The highest BCUT2D eigenvalue weighted by atomic mass is 32.2. The quantitative estimate of drug-likeness (QED) is 0.632. The molecule has 5 rings (SSSR count). The molecule has 0 aromatic heterocycles. The van der Waals surface area contributed by atoms with Crippen LogP contribution in [-0.2, 0) is 24.3 Å². The van der Waals surface area contributed by atoms with Gasteiger partial charge in [-0.15, -0.1) is 0 Å². The number of hydrogen-bond acceptors (Lipinski definition) is 6. The fourth-order valence-corrected chi connectivity index (χ4v) is 6.48. The van der Waals surface area contributed by atoms with Gasteiger partial charge in [0.1, 0.15) is 6.61 Å². The highest BCUT2D eigenvalue weighted by molar-refractivity contribution is 7.89. The summed E-state index contributed by atoms with van der Waals surface area (Å²) in [7, 11) is -3.81. The largest absolute Gasteiger partial charge is 0.374 e. The number of fused-ring (bicyclic) bond motifs is 1. The first kappa shape index (κ1) is 22.6. The first-order valence-electron chi connectivity index (χ1n) is 11.4. The molecule has 33 heavy (non-hydrogen) atoms. The molecule has 3 amide bonds. The molecule has 10 nitrogen and oxygen atoms in total. The van der Waals surface area contributed by atoms with Crippen molar-refractivity contribution in [1.82, 2.24) is 15.1 Å². The van der Waals surface area contributed by atoms with Gasteiger partial charge in [0.15, 0.2) is 0 Å². The number of primary sulfonamides is 1. The van der Waals surface area contributed by atoms with Gasteiger partial charge in [-0.25, -0.2) is 18.4 Å². The minimum Gasteiger partial charge on any atom is -0.374 e. The van der Waals surface area contributed by atoms with Crippen LogP contribution in [-0.4, -0.2) is 87.3 Å². The van der Waals surface area contributed by atoms with E-state index < -0.39 is 10.0 Å². The number of amides is 3.